The second kappa shape index (κ2) is 5.96. The zero-order valence-corrected chi connectivity index (χ0v) is 10.7. The highest BCUT2D eigenvalue weighted by Gasteiger charge is 2.38. The summed E-state index contributed by atoms with van der Waals surface area (Å²) in [7, 11) is 0. The van der Waals surface area contributed by atoms with E-state index in [1.54, 1.807) is 0 Å². The number of carbonyl (C=O) groups is 1. The summed E-state index contributed by atoms with van der Waals surface area (Å²) < 4.78 is 31.7. The van der Waals surface area contributed by atoms with Gasteiger partial charge in [0.25, 0.3) is 0 Å². The molecule has 0 spiro atoms. The molecule has 0 amide bonds. The lowest BCUT2D eigenvalue weighted by Crippen LogP contribution is -2.21. The number of carboxylic acids is 1. The number of aliphatic carboxylic acids is 1. The molecule has 1 aromatic heterocycles. The number of rotatable bonds is 1. The van der Waals surface area contributed by atoms with E-state index in [0.717, 1.165) is 18.8 Å². The van der Waals surface area contributed by atoms with Crippen LogP contribution in [-0.4, -0.2) is 27.4 Å². The van der Waals surface area contributed by atoms with E-state index < -0.39 is 12.1 Å². The molecule has 8 heteroatoms. The predicted octanol–water partition coefficient (Wildman–Crippen LogP) is 2.31. The van der Waals surface area contributed by atoms with Crippen molar-refractivity contribution in [1.82, 2.24) is 15.5 Å². The van der Waals surface area contributed by atoms with Gasteiger partial charge in [-0.2, -0.15) is 18.3 Å². The van der Waals surface area contributed by atoms with Gasteiger partial charge in [0, 0.05) is 24.2 Å². The molecule has 1 aliphatic heterocycles. The molecule has 0 unspecified atom stereocenters. The molecule has 0 bridgehead atoms. The summed E-state index contributed by atoms with van der Waals surface area (Å²) in [5.41, 5.74) is 4.82. The molecule has 2 aromatic rings. The molecule has 3 rings (SSSR count). The topological polar surface area (TPSA) is 78.0 Å². The predicted molar refractivity (Wildman–Crippen MR) is 68.3 cm³/mol. The van der Waals surface area contributed by atoms with E-state index in [-0.39, 0.29) is 0 Å². The summed E-state index contributed by atoms with van der Waals surface area (Å²) in [6.07, 6.45) is -5.08. The van der Waals surface area contributed by atoms with Gasteiger partial charge in [-0.3, -0.25) is 5.10 Å². The molecule has 0 atom stereocenters. The average Bonchev–Trinajstić information content (AvgIpc) is 3.01. The number of halogens is 3. The molecular weight excluding hydrogens is 287 g/mol. The number of hydrogen-bond acceptors (Lipinski definition) is 3. The first-order valence-electron chi connectivity index (χ1n) is 6.02. The third-order valence-electron chi connectivity index (χ3n) is 2.85. The van der Waals surface area contributed by atoms with Crippen molar-refractivity contribution in [1.29, 1.82) is 0 Å². The van der Waals surface area contributed by atoms with Crippen LogP contribution in [0.25, 0.3) is 11.3 Å². The number of aromatic nitrogens is 2. The van der Waals surface area contributed by atoms with Crippen LogP contribution in [0.5, 0.6) is 0 Å². The lowest BCUT2D eigenvalue weighted by Gasteiger charge is -1.98. The molecule has 2 heterocycles. The molecule has 112 valence electrons. The fourth-order valence-corrected chi connectivity index (χ4v) is 1.89. The lowest BCUT2D eigenvalue weighted by atomic mass is 10.1. The smallest absolute Gasteiger partial charge is 0.475 e. The van der Waals surface area contributed by atoms with Crippen LogP contribution in [0.1, 0.15) is 11.3 Å². The van der Waals surface area contributed by atoms with Gasteiger partial charge in [0.1, 0.15) is 0 Å². The average molecular weight is 299 g/mol. The van der Waals surface area contributed by atoms with Crippen molar-refractivity contribution in [2.45, 2.75) is 19.3 Å². The molecule has 0 radical (unpaired) electrons. The normalized spacial score (nSPS) is 13.3. The van der Waals surface area contributed by atoms with Crippen molar-refractivity contribution >= 4 is 5.97 Å². The van der Waals surface area contributed by atoms with E-state index >= 15 is 0 Å². The Hall–Kier alpha value is -2.35. The van der Waals surface area contributed by atoms with Crippen LogP contribution < -0.4 is 5.32 Å². The molecule has 0 aliphatic carbocycles. The number of H-pyrrole nitrogens is 1. The van der Waals surface area contributed by atoms with Crippen molar-refractivity contribution in [3.05, 3.63) is 41.6 Å². The molecule has 5 nitrogen and oxygen atoms in total. The Bertz CT molecular complexity index is 623. The third kappa shape index (κ3) is 3.60. The Morgan fingerprint density at radius 3 is 2.38 bits per heavy atom. The number of aromatic amines is 1. The van der Waals surface area contributed by atoms with Crippen LogP contribution in [0.3, 0.4) is 0 Å². The molecule has 21 heavy (non-hydrogen) atoms. The fraction of sp³-hybridized carbons (Fsp3) is 0.231. The summed E-state index contributed by atoms with van der Waals surface area (Å²) in [5.74, 6) is -2.76. The van der Waals surface area contributed by atoms with E-state index in [4.69, 9.17) is 9.90 Å². The molecule has 1 aliphatic rings. The van der Waals surface area contributed by atoms with Crippen molar-refractivity contribution in [3.63, 3.8) is 0 Å². The second-order valence-electron chi connectivity index (χ2n) is 4.30. The largest absolute Gasteiger partial charge is 0.490 e. The number of nitrogens with one attached hydrogen (secondary N) is 2. The van der Waals surface area contributed by atoms with Gasteiger partial charge in [0.2, 0.25) is 0 Å². The van der Waals surface area contributed by atoms with E-state index in [0.29, 0.717) is 0 Å². The van der Waals surface area contributed by atoms with Gasteiger partial charge in [-0.05, 0) is 0 Å². The van der Waals surface area contributed by atoms with Gasteiger partial charge in [-0.15, -0.1) is 0 Å². The van der Waals surface area contributed by atoms with Crippen LogP contribution in [0.4, 0.5) is 13.2 Å². The number of alkyl halides is 3. The Labute approximate surface area is 117 Å². The maximum absolute atomic E-state index is 10.6. The summed E-state index contributed by atoms with van der Waals surface area (Å²) in [6.45, 7) is 1.84. The summed E-state index contributed by atoms with van der Waals surface area (Å²) >= 11 is 0. The molecule has 1 aromatic carbocycles. The number of carboxylic acid groups (broad SMARTS) is 1. The minimum absolute atomic E-state index is 0.912. The van der Waals surface area contributed by atoms with E-state index in [1.165, 1.54) is 16.8 Å². The van der Waals surface area contributed by atoms with E-state index in [2.05, 4.69) is 27.6 Å². The Balaban J connectivity index is 0.000000199. The first-order chi connectivity index (χ1) is 9.89. The first kappa shape index (κ1) is 15.0. The number of benzene rings is 1. The highest BCUT2D eigenvalue weighted by Crippen LogP contribution is 2.26. The highest BCUT2D eigenvalue weighted by molar-refractivity contribution is 5.73. The Morgan fingerprint density at radius 1 is 1.19 bits per heavy atom. The fourth-order valence-electron chi connectivity index (χ4n) is 1.89. The second-order valence-corrected chi connectivity index (χ2v) is 4.30. The molecule has 0 fully saturated rings. The van der Waals surface area contributed by atoms with Crippen molar-refractivity contribution in [2.24, 2.45) is 0 Å². The lowest BCUT2D eigenvalue weighted by molar-refractivity contribution is -0.192. The standard InChI is InChI=1S/C11H11N3.C2HF3O2/c1-2-4-8(5-3-1)11-9-6-12-7-10(9)13-14-11;3-2(4,5)1(6)7/h1-5,12H,6-7H2,(H,13,14);(H,6,7). The summed E-state index contributed by atoms with van der Waals surface area (Å²) in [5, 5.41) is 17.8. The number of fused-ring (bicyclic) bond motifs is 1. The van der Waals surface area contributed by atoms with Gasteiger partial charge in [-0.25, -0.2) is 4.79 Å². The van der Waals surface area contributed by atoms with Crippen LogP contribution in [0.15, 0.2) is 30.3 Å². The van der Waals surface area contributed by atoms with Gasteiger partial charge in [-0.1, -0.05) is 30.3 Å². The molecular formula is C13H12F3N3O2. The molecule has 0 saturated heterocycles. The monoisotopic (exact) mass is 299 g/mol. The Kier molecular flexibility index (Phi) is 4.27. The molecule has 0 saturated carbocycles. The van der Waals surface area contributed by atoms with Gasteiger partial charge in [0.15, 0.2) is 0 Å². The zero-order valence-electron chi connectivity index (χ0n) is 10.7. The van der Waals surface area contributed by atoms with E-state index in [9.17, 15) is 13.2 Å². The van der Waals surface area contributed by atoms with Crippen LogP contribution in [-0.2, 0) is 17.9 Å². The summed E-state index contributed by atoms with van der Waals surface area (Å²) in [6, 6.07) is 10.3. The minimum Gasteiger partial charge on any atom is -0.475 e. The van der Waals surface area contributed by atoms with Crippen molar-refractivity contribution in [2.75, 3.05) is 0 Å². The zero-order chi connectivity index (χ0) is 15.5. The first-order valence-corrected chi connectivity index (χ1v) is 6.02. The Morgan fingerprint density at radius 2 is 1.81 bits per heavy atom. The summed E-state index contributed by atoms with van der Waals surface area (Å²) in [4.78, 5) is 8.90. The van der Waals surface area contributed by atoms with Crippen LogP contribution in [0, 0.1) is 0 Å². The van der Waals surface area contributed by atoms with Crippen LogP contribution in [0.2, 0.25) is 0 Å². The van der Waals surface area contributed by atoms with E-state index in [1.807, 2.05) is 18.2 Å². The molecule has 3 N–H and O–H groups in total. The van der Waals surface area contributed by atoms with Gasteiger partial charge < -0.3 is 10.4 Å². The SMILES string of the molecule is O=C(O)C(F)(F)F.c1ccc(-c2n[nH]c3c2CNC3)cc1. The van der Waals surface area contributed by atoms with Gasteiger partial charge >= 0.3 is 12.1 Å². The maximum Gasteiger partial charge on any atom is 0.490 e. The van der Waals surface area contributed by atoms with Crippen molar-refractivity contribution < 1.29 is 23.1 Å². The maximum atomic E-state index is 10.6. The van der Waals surface area contributed by atoms with Gasteiger partial charge in [0.05, 0.1) is 11.4 Å². The number of nitrogens with zero attached hydrogens (tertiary/aromatic N) is 1. The van der Waals surface area contributed by atoms with Crippen molar-refractivity contribution in [3.8, 4) is 11.3 Å². The van der Waals surface area contributed by atoms with Crippen LogP contribution >= 0.6 is 0 Å². The third-order valence-corrected chi connectivity index (χ3v) is 2.85. The number of hydrogen-bond donors (Lipinski definition) is 3. The highest BCUT2D eigenvalue weighted by atomic mass is 19.4. The minimum atomic E-state index is -5.08. The quantitative estimate of drug-likeness (QED) is 0.755.